The molecule has 0 aliphatic carbocycles. The summed E-state index contributed by atoms with van der Waals surface area (Å²) in [6, 6.07) is 6.76. The second-order valence-electron chi connectivity index (χ2n) is 4.48. The molecule has 0 saturated heterocycles. The predicted octanol–water partition coefficient (Wildman–Crippen LogP) is 0.732. The van der Waals surface area contributed by atoms with Crippen molar-refractivity contribution in [1.29, 1.82) is 0 Å². The zero-order valence-electron chi connectivity index (χ0n) is 12.0. The highest BCUT2D eigenvalue weighted by Gasteiger charge is 2.15. The van der Waals surface area contributed by atoms with Gasteiger partial charge in [0.15, 0.2) is 0 Å². The Bertz CT molecular complexity index is 531. The van der Waals surface area contributed by atoms with Crippen LogP contribution >= 0.6 is 0 Å². The molecule has 0 saturated carbocycles. The van der Waals surface area contributed by atoms with Crippen LogP contribution in [0.5, 0.6) is 0 Å². The van der Waals surface area contributed by atoms with Crippen LogP contribution in [-0.4, -0.2) is 43.2 Å². The van der Waals surface area contributed by atoms with Gasteiger partial charge < -0.3 is 15.3 Å². The van der Waals surface area contributed by atoms with Crippen molar-refractivity contribution in [1.82, 2.24) is 10.6 Å². The van der Waals surface area contributed by atoms with Gasteiger partial charge in [-0.3, -0.25) is 14.9 Å². The van der Waals surface area contributed by atoms with Gasteiger partial charge in [0.1, 0.15) is 0 Å². The zero-order chi connectivity index (χ0) is 15.8. The number of carboxylic acid groups (broad SMARTS) is 1. The van der Waals surface area contributed by atoms with E-state index in [-0.39, 0.29) is 19.5 Å². The molecule has 1 rings (SSSR count). The van der Waals surface area contributed by atoms with Crippen molar-refractivity contribution in [2.24, 2.45) is 0 Å². The van der Waals surface area contributed by atoms with E-state index in [9.17, 15) is 14.4 Å². The number of anilines is 1. The number of carbonyl (C=O) groups is 3. The summed E-state index contributed by atoms with van der Waals surface area (Å²) in [7, 11) is 1.41. The zero-order valence-corrected chi connectivity index (χ0v) is 12.0. The first-order valence-electron chi connectivity index (χ1n) is 6.48. The highest BCUT2D eigenvalue weighted by Crippen LogP contribution is 2.19. The fourth-order valence-electron chi connectivity index (χ4n) is 1.84. The van der Waals surface area contributed by atoms with Crippen LogP contribution in [0.1, 0.15) is 12.0 Å². The lowest BCUT2D eigenvalue weighted by Gasteiger charge is -2.25. The van der Waals surface area contributed by atoms with Crippen LogP contribution in [0.15, 0.2) is 24.3 Å². The second-order valence-corrected chi connectivity index (χ2v) is 4.48. The molecule has 0 aliphatic heterocycles. The third-order valence-electron chi connectivity index (χ3n) is 2.87. The summed E-state index contributed by atoms with van der Waals surface area (Å²) in [6.45, 7) is 1.96. The smallest absolute Gasteiger partial charge is 0.321 e. The summed E-state index contributed by atoms with van der Waals surface area (Å²) >= 11 is 0. The molecule has 0 aliphatic rings. The molecule has 0 unspecified atom stereocenters. The van der Waals surface area contributed by atoms with E-state index in [1.807, 2.05) is 31.2 Å². The fourth-order valence-corrected chi connectivity index (χ4v) is 1.84. The molecule has 3 N–H and O–H groups in total. The molecule has 3 amide bonds. The molecule has 0 bridgehead atoms. The number of imide groups is 1. The van der Waals surface area contributed by atoms with Crippen molar-refractivity contribution in [2.75, 3.05) is 25.0 Å². The molecule has 114 valence electrons. The summed E-state index contributed by atoms with van der Waals surface area (Å²) in [5, 5.41) is 13.3. The Morgan fingerprint density at radius 3 is 2.48 bits per heavy atom. The third-order valence-corrected chi connectivity index (χ3v) is 2.87. The Hall–Kier alpha value is -2.57. The first-order chi connectivity index (χ1) is 9.93. The summed E-state index contributed by atoms with van der Waals surface area (Å²) in [4.78, 5) is 35.3. The Kier molecular flexibility index (Phi) is 6.19. The number of amides is 3. The van der Waals surface area contributed by atoms with Crippen molar-refractivity contribution < 1.29 is 19.5 Å². The Morgan fingerprint density at radius 1 is 1.24 bits per heavy atom. The van der Waals surface area contributed by atoms with Gasteiger partial charge >= 0.3 is 12.0 Å². The summed E-state index contributed by atoms with van der Waals surface area (Å²) in [5.74, 6) is -1.44. The molecule has 0 heterocycles. The van der Waals surface area contributed by atoms with Crippen molar-refractivity contribution in [3.05, 3.63) is 29.8 Å². The molecule has 0 atom stereocenters. The fraction of sp³-hybridized carbons (Fsp3) is 0.357. The maximum atomic E-state index is 11.8. The van der Waals surface area contributed by atoms with Crippen LogP contribution in [0.3, 0.4) is 0 Å². The SMILES string of the molecule is CNC(=O)NC(=O)CN(CCC(=O)O)c1ccccc1C. The Balaban J connectivity index is 2.82. The van der Waals surface area contributed by atoms with Gasteiger partial charge in [0.05, 0.1) is 13.0 Å². The van der Waals surface area contributed by atoms with Crippen LogP contribution in [0.25, 0.3) is 0 Å². The maximum absolute atomic E-state index is 11.8. The number of hydrogen-bond acceptors (Lipinski definition) is 4. The van der Waals surface area contributed by atoms with Crippen molar-refractivity contribution in [2.45, 2.75) is 13.3 Å². The van der Waals surface area contributed by atoms with Gasteiger partial charge in [0.25, 0.3) is 0 Å². The molecule has 0 aromatic heterocycles. The lowest BCUT2D eigenvalue weighted by Crippen LogP contribution is -2.44. The lowest BCUT2D eigenvalue weighted by molar-refractivity contribution is -0.136. The van der Waals surface area contributed by atoms with Crippen LogP contribution in [0.2, 0.25) is 0 Å². The maximum Gasteiger partial charge on any atom is 0.321 e. The highest BCUT2D eigenvalue weighted by atomic mass is 16.4. The number of nitrogens with zero attached hydrogens (tertiary/aromatic N) is 1. The van der Waals surface area contributed by atoms with Crippen LogP contribution in [-0.2, 0) is 9.59 Å². The van der Waals surface area contributed by atoms with Crippen molar-refractivity contribution >= 4 is 23.6 Å². The normalized spacial score (nSPS) is 9.81. The topological polar surface area (TPSA) is 98.7 Å². The average Bonchev–Trinajstić information content (AvgIpc) is 2.43. The Labute approximate surface area is 122 Å². The number of para-hydroxylation sites is 1. The lowest BCUT2D eigenvalue weighted by atomic mass is 10.1. The second kappa shape index (κ2) is 7.88. The summed E-state index contributed by atoms with van der Waals surface area (Å²) < 4.78 is 0. The minimum Gasteiger partial charge on any atom is -0.481 e. The molecule has 7 nitrogen and oxygen atoms in total. The van der Waals surface area contributed by atoms with E-state index in [2.05, 4.69) is 10.6 Å². The van der Waals surface area contributed by atoms with E-state index in [1.165, 1.54) is 7.05 Å². The molecular formula is C14H19N3O4. The van der Waals surface area contributed by atoms with E-state index in [4.69, 9.17) is 5.11 Å². The molecule has 1 aromatic carbocycles. The summed E-state index contributed by atoms with van der Waals surface area (Å²) in [5.41, 5.74) is 1.70. The molecule has 7 heteroatoms. The van der Waals surface area contributed by atoms with Gasteiger partial charge in [-0.25, -0.2) is 4.79 Å². The van der Waals surface area contributed by atoms with Crippen LogP contribution in [0.4, 0.5) is 10.5 Å². The molecule has 21 heavy (non-hydrogen) atoms. The monoisotopic (exact) mass is 293 g/mol. The van der Waals surface area contributed by atoms with Gasteiger partial charge in [0, 0.05) is 19.3 Å². The first-order valence-corrected chi connectivity index (χ1v) is 6.48. The minimum atomic E-state index is -0.944. The van der Waals surface area contributed by atoms with Gasteiger partial charge in [-0.05, 0) is 18.6 Å². The van der Waals surface area contributed by atoms with E-state index < -0.39 is 17.9 Å². The van der Waals surface area contributed by atoms with Gasteiger partial charge in [-0.1, -0.05) is 18.2 Å². The number of carbonyl (C=O) groups excluding carboxylic acids is 2. The van der Waals surface area contributed by atoms with E-state index >= 15 is 0 Å². The highest BCUT2D eigenvalue weighted by molar-refractivity contribution is 5.96. The van der Waals surface area contributed by atoms with E-state index in [0.29, 0.717) is 0 Å². The minimum absolute atomic E-state index is 0.0917. The largest absolute Gasteiger partial charge is 0.481 e. The average molecular weight is 293 g/mol. The number of benzene rings is 1. The van der Waals surface area contributed by atoms with Crippen LogP contribution < -0.4 is 15.5 Å². The molecule has 1 aromatic rings. The quantitative estimate of drug-likeness (QED) is 0.718. The molecular weight excluding hydrogens is 274 g/mol. The van der Waals surface area contributed by atoms with Crippen molar-refractivity contribution in [3.8, 4) is 0 Å². The van der Waals surface area contributed by atoms with Gasteiger partial charge in [0.2, 0.25) is 5.91 Å². The van der Waals surface area contributed by atoms with E-state index in [0.717, 1.165) is 11.3 Å². The number of urea groups is 1. The van der Waals surface area contributed by atoms with E-state index in [1.54, 1.807) is 4.90 Å². The molecule has 0 radical (unpaired) electrons. The number of carboxylic acids is 1. The number of aryl methyl sites for hydroxylation is 1. The molecule has 0 spiro atoms. The number of nitrogens with one attached hydrogen (secondary N) is 2. The Morgan fingerprint density at radius 2 is 1.90 bits per heavy atom. The van der Waals surface area contributed by atoms with Crippen LogP contribution in [0, 0.1) is 6.92 Å². The number of rotatable bonds is 6. The molecule has 0 fully saturated rings. The number of hydrogen-bond donors (Lipinski definition) is 3. The predicted molar refractivity (Wildman–Crippen MR) is 78.2 cm³/mol. The first kappa shape index (κ1) is 16.5. The van der Waals surface area contributed by atoms with Gasteiger partial charge in [-0.15, -0.1) is 0 Å². The van der Waals surface area contributed by atoms with Crippen molar-refractivity contribution in [3.63, 3.8) is 0 Å². The number of aliphatic carboxylic acids is 1. The summed E-state index contributed by atoms with van der Waals surface area (Å²) in [6.07, 6.45) is -0.0956. The standard InChI is InChI=1S/C14H19N3O4/c1-10-5-3-4-6-11(10)17(8-7-13(19)20)9-12(18)16-14(21)15-2/h3-6H,7-9H2,1-2H3,(H,19,20)(H2,15,16,18,21). The van der Waals surface area contributed by atoms with Gasteiger partial charge in [-0.2, -0.15) is 0 Å². The third kappa shape index (κ3) is 5.52.